The maximum Gasteiger partial charge on any atom is 0.338 e. The summed E-state index contributed by atoms with van der Waals surface area (Å²) in [7, 11) is 1.56. The molecular weight excluding hydrogens is 547 g/mol. The van der Waals surface area contributed by atoms with Crippen LogP contribution in [0.3, 0.4) is 0 Å². The standard InChI is InChI=1S/C28H28Cl2N2O5S/c1-5-7-12-37-21-11-9-18(15-22(21)35-4)25-24(27(34)36-6-2)16(3)31-28-32(25)26(33)23(38-28)14-17-8-10-19(29)20(30)13-17/h8-11,13-15,25H,5-7,12H2,1-4H3. The molecule has 10 heteroatoms. The summed E-state index contributed by atoms with van der Waals surface area (Å²) < 4.78 is 18.8. The van der Waals surface area contributed by atoms with Crippen molar-refractivity contribution in [2.45, 2.75) is 39.7 Å². The Morgan fingerprint density at radius 3 is 2.61 bits per heavy atom. The Kier molecular flexibility index (Phi) is 8.97. The molecular formula is C28H28Cl2N2O5S. The number of nitrogens with zero attached hydrogens (tertiary/aromatic N) is 2. The third-order valence-electron chi connectivity index (χ3n) is 6.02. The van der Waals surface area contributed by atoms with Gasteiger partial charge in [-0.15, -0.1) is 0 Å². The van der Waals surface area contributed by atoms with Gasteiger partial charge in [-0.2, -0.15) is 0 Å². The SMILES string of the molecule is CCCCOc1ccc(C2C(C(=O)OCC)=C(C)N=c3sc(=Cc4ccc(Cl)c(Cl)c4)c(=O)n32)cc1OC. The molecule has 0 fully saturated rings. The Bertz CT molecular complexity index is 1570. The second-order valence-electron chi connectivity index (χ2n) is 8.59. The van der Waals surface area contributed by atoms with E-state index >= 15 is 0 Å². The van der Waals surface area contributed by atoms with E-state index < -0.39 is 12.0 Å². The van der Waals surface area contributed by atoms with Gasteiger partial charge in [0.1, 0.15) is 0 Å². The molecule has 1 aliphatic rings. The number of esters is 1. The van der Waals surface area contributed by atoms with Gasteiger partial charge in [-0.3, -0.25) is 9.36 Å². The van der Waals surface area contributed by atoms with E-state index in [0.717, 1.165) is 18.4 Å². The third kappa shape index (κ3) is 5.67. The van der Waals surface area contributed by atoms with Gasteiger partial charge >= 0.3 is 5.97 Å². The minimum atomic E-state index is -0.764. The van der Waals surface area contributed by atoms with Gasteiger partial charge in [0.15, 0.2) is 16.3 Å². The number of rotatable bonds is 9. The molecule has 0 saturated carbocycles. The number of thiazole rings is 1. The van der Waals surface area contributed by atoms with Gasteiger partial charge in [0.2, 0.25) is 0 Å². The van der Waals surface area contributed by atoms with E-state index in [2.05, 4.69) is 11.9 Å². The average molecular weight is 576 g/mol. The molecule has 1 atom stereocenters. The molecule has 0 N–H and O–H groups in total. The highest BCUT2D eigenvalue weighted by atomic mass is 35.5. The first-order valence-electron chi connectivity index (χ1n) is 12.2. The molecule has 7 nitrogen and oxygen atoms in total. The van der Waals surface area contributed by atoms with Gasteiger partial charge in [-0.25, -0.2) is 9.79 Å². The Labute approximate surface area is 234 Å². The van der Waals surface area contributed by atoms with Crippen molar-refractivity contribution in [1.82, 2.24) is 4.57 Å². The smallest absolute Gasteiger partial charge is 0.338 e. The normalized spacial score (nSPS) is 15.2. The van der Waals surface area contributed by atoms with E-state index in [1.165, 1.54) is 15.9 Å². The number of methoxy groups -OCH3 is 1. The maximum atomic E-state index is 13.8. The van der Waals surface area contributed by atoms with E-state index in [4.69, 9.17) is 37.4 Å². The first-order valence-corrected chi connectivity index (χ1v) is 13.8. The molecule has 1 aliphatic heterocycles. The van der Waals surface area contributed by atoms with Crippen molar-refractivity contribution in [3.8, 4) is 11.5 Å². The average Bonchev–Trinajstić information content (AvgIpc) is 3.19. The fraction of sp³-hybridized carbons (Fsp3) is 0.321. The summed E-state index contributed by atoms with van der Waals surface area (Å²) in [5.41, 5.74) is 1.88. The van der Waals surface area contributed by atoms with E-state index in [1.54, 1.807) is 57.4 Å². The summed E-state index contributed by atoms with van der Waals surface area (Å²) >= 11 is 13.5. The predicted molar refractivity (Wildman–Crippen MR) is 150 cm³/mol. The topological polar surface area (TPSA) is 79.1 Å². The van der Waals surface area contributed by atoms with Gasteiger partial charge in [-0.05, 0) is 61.7 Å². The minimum absolute atomic E-state index is 0.192. The molecule has 0 saturated heterocycles. The van der Waals surface area contributed by atoms with Crippen LogP contribution in [0.15, 0.2) is 57.5 Å². The van der Waals surface area contributed by atoms with Gasteiger partial charge < -0.3 is 14.2 Å². The van der Waals surface area contributed by atoms with Gasteiger partial charge in [0.05, 0.1) is 52.2 Å². The van der Waals surface area contributed by atoms with Crippen molar-refractivity contribution in [1.29, 1.82) is 0 Å². The first-order chi connectivity index (χ1) is 18.3. The van der Waals surface area contributed by atoms with Gasteiger partial charge in [0.25, 0.3) is 5.56 Å². The number of benzene rings is 2. The van der Waals surface area contributed by atoms with E-state index in [0.29, 0.717) is 54.3 Å². The zero-order valence-corrected chi connectivity index (χ0v) is 23.9. The molecule has 2 heterocycles. The highest BCUT2D eigenvalue weighted by Crippen LogP contribution is 2.36. The number of fused-ring (bicyclic) bond motifs is 1. The second-order valence-corrected chi connectivity index (χ2v) is 10.4. The molecule has 200 valence electrons. The van der Waals surface area contributed by atoms with Crippen molar-refractivity contribution >= 4 is 46.6 Å². The van der Waals surface area contributed by atoms with Crippen LogP contribution in [0.2, 0.25) is 10.0 Å². The Morgan fingerprint density at radius 1 is 1.13 bits per heavy atom. The molecule has 0 spiro atoms. The summed E-state index contributed by atoms with van der Waals surface area (Å²) in [6.07, 6.45) is 3.65. The van der Waals surface area contributed by atoms with Crippen LogP contribution in [0.25, 0.3) is 6.08 Å². The molecule has 1 unspecified atom stereocenters. The van der Waals surface area contributed by atoms with Crippen molar-refractivity contribution in [3.05, 3.63) is 88.5 Å². The van der Waals surface area contributed by atoms with Crippen molar-refractivity contribution in [3.63, 3.8) is 0 Å². The molecule has 0 aliphatic carbocycles. The third-order valence-corrected chi connectivity index (χ3v) is 7.74. The monoisotopic (exact) mass is 574 g/mol. The Hall–Kier alpha value is -3.07. The summed E-state index contributed by atoms with van der Waals surface area (Å²) in [5.74, 6) is 0.573. The number of hydrogen-bond donors (Lipinski definition) is 0. The maximum absolute atomic E-state index is 13.8. The van der Waals surface area contributed by atoms with Crippen LogP contribution < -0.4 is 24.4 Å². The lowest BCUT2D eigenvalue weighted by atomic mass is 9.95. The van der Waals surface area contributed by atoms with Crippen LogP contribution in [0.4, 0.5) is 0 Å². The van der Waals surface area contributed by atoms with Crippen molar-refractivity contribution < 1.29 is 19.0 Å². The fourth-order valence-electron chi connectivity index (χ4n) is 4.16. The Morgan fingerprint density at radius 2 is 1.92 bits per heavy atom. The molecule has 3 aromatic rings. The molecule has 1 aromatic heterocycles. The largest absolute Gasteiger partial charge is 0.493 e. The van der Waals surface area contributed by atoms with Gasteiger partial charge in [-0.1, -0.05) is 60.0 Å². The number of ether oxygens (including phenoxy) is 3. The van der Waals surface area contributed by atoms with Crippen LogP contribution in [0, 0.1) is 0 Å². The lowest BCUT2D eigenvalue weighted by Gasteiger charge is -2.25. The van der Waals surface area contributed by atoms with Crippen LogP contribution in [0.5, 0.6) is 11.5 Å². The number of carbonyl (C=O) groups excluding carboxylic acids is 1. The number of unbranched alkanes of at least 4 members (excludes halogenated alkanes) is 1. The number of halogens is 2. The molecule has 38 heavy (non-hydrogen) atoms. The quantitative estimate of drug-likeness (QED) is 0.256. The summed E-state index contributed by atoms with van der Waals surface area (Å²) in [5, 5.41) is 0.816. The molecule has 0 amide bonds. The zero-order valence-electron chi connectivity index (χ0n) is 21.5. The van der Waals surface area contributed by atoms with Crippen LogP contribution in [-0.2, 0) is 9.53 Å². The Balaban J connectivity index is 1.89. The highest BCUT2D eigenvalue weighted by molar-refractivity contribution is 7.07. The number of allylic oxidation sites excluding steroid dienone is 1. The van der Waals surface area contributed by atoms with Crippen LogP contribution >= 0.6 is 34.5 Å². The summed E-state index contributed by atoms with van der Waals surface area (Å²) in [6.45, 7) is 6.32. The van der Waals surface area contributed by atoms with Crippen LogP contribution in [0.1, 0.15) is 50.8 Å². The van der Waals surface area contributed by atoms with Crippen molar-refractivity contribution in [2.24, 2.45) is 4.99 Å². The number of carbonyl (C=O) groups is 1. The summed E-state index contributed by atoms with van der Waals surface area (Å²) in [4.78, 5) is 32.0. The second kappa shape index (κ2) is 12.2. The minimum Gasteiger partial charge on any atom is -0.493 e. The zero-order chi connectivity index (χ0) is 27.4. The van der Waals surface area contributed by atoms with Crippen LogP contribution in [-0.4, -0.2) is 30.9 Å². The number of hydrogen-bond acceptors (Lipinski definition) is 7. The first kappa shape index (κ1) is 28.0. The van der Waals surface area contributed by atoms with E-state index in [-0.39, 0.29) is 12.2 Å². The predicted octanol–water partition coefficient (Wildman–Crippen LogP) is 5.29. The molecule has 0 bridgehead atoms. The molecule has 4 rings (SSSR count). The fourth-order valence-corrected chi connectivity index (χ4v) is 5.51. The van der Waals surface area contributed by atoms with E-state index in [1.807, 2.05) is 6.07 Å². The van der Waals surface area contributed by atoms with Crippen molar-refractivity contribution in [2.75, 3.05) is 20.3 Å². The van der Waals surface area contributed by atoms with Gasteiger partial charge in [0, 0.05) is 0 Å². The number of aromatic nitrogens is 1. The molecule has 2 aromatic carbocycles. The molecule has 0 radical (unpaired) electrons. The lowest BCUT2D eigenvalue weighted by Crippen LogP contribution is -2.40. The lowest BCUT2D eigenvalue weighted by molar-refractivity contribution is -0.139. The summed E-state index contributed by atoms with van der Waals surface area (Å²) in [6, 6.07) is 9.81. The highest BCUT2D eigenvalue weighted by Gasteiger charge is 2.34. The van der Waals surface area contributed by atoms with E-state index in [9.17, 15) is 9.59 Å².